The van der Waals surface area contributed by atoms with E-state index < -0.39 is 0 Å². The second kappa shape index (κ2) is 7.53. The molecule has 0 aliphatic heterocycles. The first-order valence-electron chi connectivity index (χ1n) is 6.08. The van der Waals surface area contributed by atoms with E-state index in [0.29, 0.717) is 6.54 Å². The Bertz CT molecular complexity index is 620. The lowest BCUT2D eigenvalue weighted by Gasteiger charge is -2.08. The normalized spacial score (nSPS) is 9.70. The smallest absolute Gasteiger partial charge is 0.122 e. The molecule has 2 aromatic rings. The number of methoxy groups -OCH3 is 1. The first kappa shape index (κ1) is 14.4. The predicted octanol–water partition coefficient (Wildman–Crippen LogP) is 2.09. The van der Waals surface area contributed by atoms with Crippen molar-refractivity contribution in [3.63, 3.8) is 0 Å². The van der Waals surface area contributed by atoms with Crippen molar-refractivity contribution in [2.75, 3.05) is 13.7 Å². The molecule has 0 atom stereocenters. The van der Waals surface area contributed by atoms with Crippen LogP contribution in [0, 0.1) is 11.8 Å². The van der Waals surface area contributed by atoms with Gasteiger partial charge in [0.05, 0.1) is 18.7 Å². The van der Waals surface area contributed by atoms with Gasteiger partial charge in [0.1, 0.15) is 12.1 Å². The van der Waals surface area contributed by atoms with E-state index in [1.54, 1.807) is 31.4 Å². The zero-order valence-electron chi connectivity index (χ0n) is 11.2. The van der Waals surface area contributed by atoms with Crippen LogP contribution in [0.5, 0.6) is 5.75 Å². The van der Waals surface area contributed by atoms with Crippen molar-refractivity contribution in [1.82, 2.24) is 9.97 Å². The molecule has 4 nitrogen and oxygen atoms in total. The van der Waals surface area contributed by atoms with E-state index in [0.717, 1.165) is 27.7 Å². The average Bonchev–Trinajstić information content (AvgIpc) is 2.52. The molecule has 2 rings (SSSR count). The van der Waals surface area contributed by atoms with Crippen LogP contribution in [0.25, 0.3) is 0 Å². The van der Waals surface area contributed by atoms with Crippen LogP contribution in [0.15, 0.2) is 41.8 Å². The van der Waals surface area contributed by atoms with Gasteiger partial charge in [0.2, 0.25) is 0 Å². The van der Waals surface area contributed by atoms with Gasteiger partial charge in [-0.05, 0) is 24.3 Å². The van der Waals surface area contributed by atoms with Crippen LogP contribution in [0.1, 0.15) is 11.1 Å². The monoisotopic (exact) mass is 285 g/mol. The third-order valence-electron chi connectivity index (χ3n) is 2.55. The molecule has 0 saturated heterocycles. The molecule has 0 aliphatic carbocycles. The van der Waals surface area contributed by atoms with E-state index in [1.807, 2.05) is 24.3 Å². The molecule has 5 heteroatoms. The molecule has 0 fully saturated rings. The van der Waals surface area contributed by atoms with Crippen LogP contribution in [0.3, 0.4) is 0 Å². The summed E-state index contributed by atoms with van der Waals surface area (Å²) in [6.45, 7) is 0.358. The van der Waals surface area contributed by atoms with Crippen molar-refractivity contribution in [1.29, 1.82) is 0 Å². The maximum absolute atomic E-state index is 5.39. The molecule has 0 amide bonds. The van der Waals surface area contributed by atoms with Crippen molar-refractivity contribution >= 4 is 11.8 Å². The molecule has 0 aliphatic rings. The Kier molecular flexibility index (Phi) is 5.42. The SMILES string of the molecule is COc1ccc(C#CCN)cc1CSc1ccncn1. The first-order valence-corrected chi connectivity index (χ1v) is 7.06. The largest absolute Gasteiger partial charge is 0.496 e. The van der Waals surface area contributed by atoms with Crippen LogP contribution in [-0.4, -0.2) is 23.6 Å². The summed E-state index contributed by atoms with van der Waals surface area (Å²) >= 11 is 1.63. The van der Waals surface area contributed by atoms with Crippen molar-refractivity contribution in [2.45, 2.75) is 10.8 Å². The zero-order valence-corrected chi connectivity index (χ0v) is 12.0. The molecule has 0 spiro atoms. The third-order valence-corrected chi connectivity index (χ3v) is 3.54. The minimum atomic E-state index is 0.358. The van der Waals surface area contributed by atoms with Crippen molar-refractivity contribution in [2.24, 2.45) is 5.73 Å². The van der Waals surface area contributed by atoms with Gasteiger partial charge >= 0.3 is 0 Å². The van der Waals surface area contributed by atoms with Gasteiger partial charge in [0.25, 0.3) is 0 Å². The molecule has 2 N–H and O–H groups in total. The molecule has 1 heterocycles. The van der Waals surface area contributed by atoms with Gasteiger partial charge in [-0.25, -0.2) is 9.97 Å². The Balaban J connectivity index is 2.16. The Labute approximate surface area is 122 Å². The fraction of sp³-hybridized carbons (Fsp3) is 0.200. The zero-order chi connectivity index (χ0) is 14.2. The van der Waals surface area contributed by atoms with Gasteiger partial charge in [-0.3, -0.25) is 0 Å². The lowest BCUT2D eigenvalue weighted by molar-refractivity contribution is 0.411. The number of nitrogens with two attached hydrogens (primary N) is 1. The highest BCUT2D eigenvalue weighted by Crippen LogP contribution is 2.27. The van der Waals surface area contributed by atoms with E-state index in [4.69, 9.17) is 10.5 Å². The van der Waals surface area contributed by atoms with Crippen LogP contribution >= 0.6 is 11.8 Å². The van der Waals surface area contributed by atoms with E-state index >= 15 is 0 Å². The highest BCUT2D eigenvalue weighted by atomic mass is 32.2. The van der Waals surface area contributed by atoms with Gasteiger partial charge in [-0.1, -0.05) is 11.8 Å². The summed E-state index contributed by atoms with van der Waals surface area (Å²) in [7, 11) is 1.67. The topological polar surface area (TPSA) is 61.0 Å². The van der Waals surface area contributed by atoms with Gasteiger partial charge in [0, 0.05) is 23.1 Å². The second-order valence-electron chi connectivity index (χ2n) is 3.87. The number of nitrogens with zero attached hydrogens (tertiary/aromatic N) is 2. The minimum Gasteiger partial charge on any atom is -0.496 e. The standard InChI is InChI=1S/C15H15N3OS/c1-19-14-5-4-12(3-2-7-16)9-13(14)10-20-15-6-8-17-11-18-15/h4-6,8-9,11H,7,10,16H2,1H3. The summed E-state index contributed by atoms with van der Waals surface area (Å²) in [5.74, 6) is 7.50. The molecule has 20 heavy (non-hydrogen) atoms. The highest BCUT2D eigenvalue weighted by molar-refractivity contribution is 7.98. The Morgan fingerprint density at radius 2 is 2.25 bits per heavy atom. The molecule has 0 saturated carbocycles. The third kappa shape index (κ3) is 3.98. The fourth-order valence-electron chi connectivity index (χ4n) is 1.64. The van der Waals surface area contributed by atoms with Gasteiger partial charge in [-0.2, -0.15) is 0 Å². The van der Waals surface area contributed by atoms with Gasteiger partial charge in [-0.15, -0.1) is 11.8 Å². The molecule has 0 radical (unpaired) electrons. The number of thioether (sulfide) groups is 1. The Morgan fingerprint density at radius 3 is 2.95 bits per heavy atom. The van der Waals surface area contributed by atoms with Gasteiger partial charge in [0.15, 0.2) is 0 Å². The van der Waals surface area contributed by atoms with Crippen LogP contribution < -0.4 is 10.5 Å². The summed E-state index contributed by atoms with van der Waals surface area (Å²) in [5, 5.41) is 0.931. The summed E-state index contributed by atoms with van der Waals surface area (Å²) in [4.78, 5) is 8.09. The van der Waals surface area contributed by atoms with Crippen LogP contribution in [-0.2, 0) is 5.75 Å². The highest BCUT2D eigenvalue weighted by Gasteiger charge is 2.05. The quantitative estimate of drug-likeness (QED) is 0.529. The molecular weight excluding hydrogens is 270 g/mol. The second-order valence-corrected chi connectivity index (χ2v) is 4.86. The number of hydrogen-bond donors (Lipinski definition) is 1. The average molecular weight is 285 g/mol. The summed E-state index contributed by atoms with van der Waals surface area (Å²) < 4.78 is 5.37. The van der Waals surface area contributed by atoms with Crippen molar-refractivity contribution < 1.29 is 4.74 Å². The predicted molar refractivity (Wildman–Crippen MR) is 80.5 cm³/mol. The lowest BCUT2D eigenvalue weighted by atomic mass is 10.1. The first-order chi connectivity index (χ1) is 9.83. The maximum Gasteiger partial charge on any atom is 0.122 e. The van der Waals surface area contributed by atoms with Crippen molar-refractivity contribution in [3.8, 4) is 17.6 Å². The molecule has 0 unspecified atom stereocenters. The van der Waals surface area contributed by atoms with E-state index in [2.05, 4.69) is 21.8 Å². The van der Waals surface area contributed by atoms with Crippen molar-refractivity contribution in [3.05, 3.63) is 47.9 Å². The number of rotatable bonds is 4. The molecule has 1 aromatic carbocycles. The summed E-state index contributed by atoms with van der Waals surface area (Å²) in [5.41, 5.74) is 7.41. The Morgan fingerprint density at radius 1 is 1.35 bits per heavy atom. The maximum atomic E-state index is 5.39. The van der Waals surface area contributed by atoms with E-state index in [1.165, 1.54) is 0 Å². The summed E-state index contributed by atoms with van der Waals surface area (Å²) in [6.07, 6.45) is 3.28. The number of aromatic nitrogens is 2. The van der Waals surface area contributed by atoms with E-state index in [9.17, 15) is 0 Å². The lowest BCUT2D eigenvalue weighted by Crippen LogP contribution is -1.94. The minimum absolute atomic E-state index is 0.358. The number of ether oxygens (including phenoxy) is 1. The fourth-order valence-corrected chi connectivity index (χ4v) is 2.45. The number of benzene rings is 1. The number of hydrogen-bond acceptors (Lipinski definition) is 5. The summed E-state index contributed by atoms with van der Waals surface area (Å²) in [6, 6.07) is 7.77. The Hall–Kier alpha value is -2.03. The molecule has 1 aromatic heterocycles. The van der Waals surface area contributed by atoms with E-state index in [-0.39, 0.29) is 0 Å². The van der Waals surface area contributed by atoms with Gasteiger partial charge < -0.3 is 10.5 Å². The molecular formula is C15H15N3OS. The van der Waals surface area contributed by atoms with Crippen LogP contribution in [0.4, 0.5) is 0 Å². The molecule has 0 bridgehead atoms. The van der Waals surface area contributed by atoms with Crippen LogP contribution in [0.2, 0.25) is 0 Å². The molecule has 102 valence electrons.